The Morgan fingerprint density at radius 1 is 0.294 bits per heavy atom. The van der Waals surface area contributed by atoms with Crippen LogP contribution in [-0.4, -0.2) is 96.7 Å². The Bertz CT molecular complexity index is 1700. The summed E-state index contributed by atoms with van der Waals surface area (Å²) in [6, 6.07) is 0. The summed E-state index contributed by atoms with van der Waals surface area (Å²) in [5, 5.41) is 10.5. The number of hydrogen-bond donors (Lipinski definition) is 3. The third kappa shape index (κ3) is 60.7. The standard InChI is InChI=1S/C66H128O17P2/c1-56(2)42-34-26-18-13-11-9-10-12-14-22-30-38-46-63(68)76-52-61(82-65(70)48-40-32-24-16-20-28-36-44-58(5)6)54-80-84(72,73)78-50-60(67)51-79-85(74,75)81-55-62(83-66(71)49-41-33-25-17-21-29-37-45-59(7)8)53-77-64(69)47-39-31-23-15-19-27-35-43-57(3)4/h56-62,67H,9-55H2,1-8H3,(H,72,73)(H,74,75)/t60?,61-,62-/m1/s1. The number of phosphoric ester groups is 2. The summed E-state index contributed by atoms with van der Waals surface area (Å²) in [5.41, 5.74) is 0. The molecule has 0 aliphatic rings. The first-order chi connectivity index (χ1) is 40.6. The van der Waals surface area contributed by atoms with Crippen LogP contribution in [0.5, 0.6) is 0 Å². The van der Waals surface area contributed by atoms with E-state index in [2.05, 4.69) is 55.4 Å². The number of aliphatic hydroxyl groups excluding tert-OH is 1. The highest BCUT2D eigenvalue weighted by molar-refractivity contribution is 7.47. The van der Waals surface area contributed by atoms with Crippen LogP contribution in [0.1, 0.15) is 319 Å². The molecule has 0 radical (unpaired) electrons. The van der Waals surface area contributed by atoms with Gasteiger partial charge < -0.3 is 33.8 Å². The minimum Gasteiger partial charge on any atom is -0.462 e. The second-order valence-electron chi connectivity index (χ2n) is 25.8. The van der Waals surface area contributed by atoms with Gasteiger partial charge in [-0.1, -0.05) is 267 Å². The van der Waals surface area contributed by atoms with Gasteiger partial charge in [0, 0.05) is 25.7 Å². The van der Waals surface area contributed by atoms with Crippen molar-refractivity contribution in [3.63, 3.8) is 0 Å². The second kappa shape index (κ2) is 56.1. The van der Waals surface area contributed by atoms with Gasteiger partial charge in [0.25, 0.3) is 0 Å². The number of carbonyl (C=O) groups is 4. The molecule has 0 saturated carbocycles. The van der Waals surface area contributed by atoms with E-state index in [0.29, 0.717) is 43.4 Å². The smallest absolute Gasteiger partial charge is 0.462 e. The summed E-state index contributed by atoms with van der Waals surface area (Å²) < 4.78 is 68.0. The number of hydrogen-bond acceptors (Lipinski definition) is 15. The van der Waals surface area contributed by atoms with E-state index in [4.69, 9.17) is 37.0 Å². The molecule has 3 N–H and O–H groups in total. The number of carbonyl (C=O) groups excluding carboxylic acids is 4. The van der Waals surface area contributed by atoms with E-state index in [1.807, 2.05) is 0 Å². The quantitative estimate of drug-likeness (QED) is 0.0222. The van der Waals surface area contributed by atoms with Crippen molar-refractivity contribution in [1.82, 2.24) is 0 Å². The second-order valence-corrected chi connectivity index (χ2v) is 28.7. The summed E-state index contributed by atoms with van der Waals surface area (Å²) in [7, 11) is -9.89. The molecule has 0 aromatic heterocycles. The zero-order valence-corrected chi connectivity index (χ0v) is 57.0. The van der Waals surface area contributed by atoms with Crippen molar-refractivity contribution in [2.75, 3.05) is 39.6 Å². The Labute approximate surface area is 517 Å². The van der Waals surface area contributed by atoms with Crippen molar-refractivity contribution in [1.29, 1.82) is 0 Å². The first kappa shape index (κ1) is 83.1. The SMILES string of the molecule is CC(C)CCCCCCCCCCCCCCC(=O)OC[C@H](COP(=O)(O)OCC(O)COP(=O)(O)OC[C@@H](COC(=O)CCCCCCCCCC(C)C)OC(=O)CCCCCCCCCC(C)C)OC(=O)CCCCCCCCCC(C)C. The third-order valence-electron chi connectivity index (χ3n) is 15.1. The normalized spacial score (nSPS) is 14.4. The summed E-state index contributed by atoms with van der Waals surface area (Å²) in [6.45, 7) is 13.9. The minimum atomic E-state index is -4.95. The molecule has 0 aliphatic carbocycles. The van der Waals surface area contributed by atoms with Gasteiger partial charge in [-0.25, -0.2) is 9.13 Å². The summed E-state index contributed by atoms with van der Waals surface area (Å²) in [5.74, 6) is 0.739. The fourth-order valence-corrected chi connectivity index (χ4v) is 11.4. The third-order valence-corrected chi connectivity index (χ3v) is 17.0. The monoisotopic (exact) mass is 1250 g/mol. The number of rotatable bonds is 63. The zero-order valence-electron chi connectivity index (χ0n) is 55.2. The summed E-state index contributed by atoms with van der Waals surface area (Å²) in [6.07, 6.45) is 36.5. The molecule has 0 rings (SSSR count). The van der Waals surface area contributed by atoms with Gasteiger partial charge in [0.05, 0.1) is 26.4 Å². The lowest BCUT2D eigenvalue weighted by atomic mass is 10.0. The Morgan fingerprint density at radius 2 is 0.494 bits per heavy atom. The topological polar surface area (TPSA) is 237 Å². The van der Waals surface area contributed by atoms with Crippen LogP contribution in [0.3, 0.4) is 0 Å². The molecule has 0 bridgehead atoms. The fraction of sp³-hybridized carbons (Fsp3) is 0.939. The van der Waals surface area contributed by atoms with Crippen molar-refractivity contribution < 1.29 is 80.2 Å². The predicted molar refractivity (Wildman–Crippen MR) is 340 cm³/mol. The zero-order chi connectivity index (χ0) is 63.2. The molecule has 17 nitrogen and oxygen atoms in total. The molecular weight excluding hydrogens is 1130 g/mol. The first-order valence-electron chi connectivity index (χ1n) is 34.2. The summed E-state index contributed by atoms with van der Waals surface area (Å²) in [4.78, 5) is 72.3. The molecule has 5 atom stereocenters. The van der Waals surface area contributed by atoms with E-state index < -0.39 is 97.5 Å². The molecular formula is C66H128O17P2. The number of aliphatic hydroxyl groups is 1. The molecule has 85 heavy (non-hydrogen) atoms. The van der Waals surface area contributed by atoms with Crippen molar-refractivity contribution in [2.45, 2.75) is 337 Å². The first-order valence-corrected chi connectivity index (χ1v) is 37.2. The molecule has 0 aromatic carbocycles. The molecule has 504 valence electrons. The molecule has 0 aliphatic heterocycles. The predicted octanol–water partition coefficient (Wildman–Crippen LogP) is 18.1. The van der Waals surface area contributed by atoms with Crippen LogP contribution in [0.4, 0.5) is 0 Å². The highest BCUT2D eigenvalue weighted by atomic mass is 31.2. The average Bonchev–Trinajstić information content (AvgIpc) is 3.52. The average molecular weight is 1260 g/mol. The maximum absolute atomic E-state index is 13.0. The van der Waals surface area contributed by atoms with Crippen LogP contribution in [-0.2, 0) is 65.4 Å². The van der Waals surface area contributed by atoms with Crippen molar-refractivity contribution in [3.8, 4) is 0 Å². The molecule has 0 heterocycles. The lowest BCUT2D eigenvalue weighted by molar-refractivity contribution is -0.161. The lowest BCUT2D eigenvalue weighted by Crippen LogP contribution is -2.30. The van der Waals surface area contributed by atoms with E-state index in [9.17, 15) is 43.2 Å². The van der Waals surface area contributed by atoms with Crippen molar-refractivity contribution in [2.24, 2.45) is 23.7 Å². The molecule has 0 spiro atoms. The number of ether oxygens (including phenoxy) is 4. The number of phosphoric acid groups is 2. The highest BCUT2D eigenvalue weighted by Gasteiger charge is 2.30. The van der Waals surface area contributed by atoms with Crippen LogP contribution >= 0.6 is 15.6 Å². The van der Waals surface area contributed by atoms with Gasteiger partial charge in [0.1, 0.15) is 19.3 Å². The van der Waals surface area contributed by atoms with Crippen molar-refractivity contribution in [3.05, 3.63) is 0 Å². The van der Waals surface area contributed by atoms with E-state index in [0.717, 1.165) is 102 Å². The van der Waals surface area contributed by atoms with Crippen LogP contribution in [0, 0.1) is 23.7 Å². The van der Waals surface area contributed by atoms with Crippen molar-refractivity contribution >= 4 is 39.5 Å². The highest BCUT2D eigenvalue weighted by Crippen LogP contribution is 2.45. The molecule has 0 amide bonds. The van der Waals surface area contributed by atoms with E-state index in [-0.39, 0.29) is 25.7 Å². The van der Waals surface area contributed by atoms with Gasteiger partial charge in [0.2, 0.25) is 0 Å². The van der Waals surface area contributed by atoms with Crippen LogP contribution in [0.2, 0.25) is 0 Å². The van der Waals surface area contributed by atoms with E-state index >= 15 is 0 Å². The molecule has 3 unspecified atom stereocenters. The van der Waals surface area contributed by atoms with Gasteiger partial charge in [0.15, 0.2) is 12.2 Å². The Balaban J connectivity index is 5.22. The van der Waals surface area contributed by atoms with Gasteiger partial charge in [-0.15, -0.1) is 0 Å². The minimum absolute atomic E-state index is 0.102. The maximum Gasteiger partial charge on any atom is 0.472 e. The van der Waals surface area contributed by atoms with Crippen LogP contribution < -0.4 is 0 Å². The summed E-state index contributed by atoms with van der Waals surface area (Å²) >= 11 is 0. The fourth-order valence-electron chi connectivity index (χ4n) is 9.78. The van der Waals surface area contributed by atoms with Crippen LogP contribution in [0.25, 0.3) is 0 Å². The maximum atomic E-state index is 13.0. The Hall–Kier alpha value is -1.94. The van der Waals surface area contributed by atoms with Gasteiger partial charge in [-0.2, -0.15) is 0 Å². The Morgan fingerprint density at radius 3 is 0.729 bits per heavy atom. The lowest BCUT2D eigenvalue weighted by Gasteiger charge is -2.21. The van der Waals surface area contributed by atoms with E-state index in [1.165, 1.54) is 116 Å². The van der Waals surface area contributed by atoms with Crippen LogP contribution in [0.15, 0.2) is 0 Å². The van der Waals surface area contributed by atoms with Gasteiger partial charge in [-0.3, -0.25) is 37.3 Å². The molecule has 0 saturated heterocycles. The van der Waals surface area contributed by atoms with Gasteiger partial charge >= 0.3 is 39.5 Å². The molecule has 19 heteroatoms. The van der Waals surface area contributed by atoms with E-state index in [1.54, 1.807) is 0 Å². The molecule has 0 fully saturated rings. The van der Waals surface area contributed by atoms with Gasteiger partial charge in [-0.05, 0) is 49.4 Å². The number of unbranched alkanes of at least 4 members (excludes halogenated alkanes) is 29. The largest absolute Gasteiger partial charge is 0.472 e. The number of esters is 4. The molecule has 0 aromatic rings. The Kier molecular flexibility index (Phi) is 54.8.